The highest BCUT2D eigenvalue weighted by Crippen LogP contribution is 2.39. The van der Waals surface area contributed by atoms with Crippen LogP contribution in [-0.4, -0.2) is 35.5 Å². The van der Waals surface area contributed by atoms with E-state index in [1.54, 1.807) is 6.92 Å². The van der Waals surface area contributed by atoms with Gasteiger partial charge in [-0.3, -0.25) is 0 Å². The topological polar surface area (TPSA) is 55.8 Å². The molecule has 0 bridgehead atoms. The molecule has 106 valence electrons. The normalized spacial score (nSPS) is 31.7. The van der Waals surface area contributed by atoms with Crippen LogP contribution in [0.2, 0.25) is 0 Å². The molecule has 1 N–H and O–H groups in total. The smallest absolute Gasteiger partial charge is 0.338 e. The second kappa shape index (κ2) is 6.02. The Morgan fingerprint density at radius 1 is 1.50 bits per heavy atom. The maximum Gasteiger partial charge on any atom is 0.338 e. The summed E-state index contributed by atoms with van der Waals surface area (Å²) in [7, 11) is 0. The molecule has 0 aliphatic carbocycles. The van der Waals surface area contributed by atoms with Crippen LogP contribution in [0.4, 0.5) is 0 Å². The van der Waals surface area contributed by atoms with E-state index in [0.717, 1.165) is 6.42 Å². The lowest BCUT2D eigenvalue weighted by molar-refractivity contribution is -0.184. The quantitative estimate of drug-likeness (QED) is 0.769. The van der Waals surface area contributed by atoms with Gasteiger partial charge in [0.2, 0.25) is 0 Å². The second-order valence-corrected chi connectivity index (χ2v) is 5.34. The molecule has 4 nitrogen and oxygen atoms in total. The van der Waals surface area contributed by atoms with Crippen LogP contribution in [0.3, 0.4) is 0 Å². The number of aliphatic hydroxyl groups is 1. The summed E-state index contributed by atoms with van der Waals surface area (Å²) in [6.07, 6.45) is 2.67. The van der Waals surface area contributed by atoms with E-state index in [4.69, 9.17) is 9.47 Å². The van der Waals surface area contributed by atoms with Gasteiger partial charge in [-0.15, -0.1) is 0 Å². The predicted molar refractivity (Wildman–Crippen MR) is 69.2 cm³/mol. The molecular weight excluding hydrogens is 232 g/mol. The van der Waals surface area contributed by atoms with Gasteiger partial charge in [-0.2, -0.15) is 0 Å². The summed E-state index contributed by atoms with van der Waals surface area (Å²) in [4.78, 5) is 12.0. The fourth-order valence-corrected chi connectivity index (χ4v) is 2.64. The molecule has 18 heavy (non-hydrogen) atoms. The zero-order valence-corrected chi connectivity index (χ0v) is 12.0. The van der Waals surface area contributed by atoms with E-state index in [1.165, 1.54) is 0 Å². The fourth-order valence-electron chi connectivity index (χ4n) is 2.64. The first-order valence-electron chi connectivity index (χ1n) is 6.95. The molecule has 1 fully saturated rings. The SMILES string of the molecule is CCOC(=O)C(O)(CC)C1CCOC(C)(CC)C1. The van der Waals surface area contributed by atoms with Crippen molar-refractivity contribution in [2.24, 2.45) is 5.92 Å². The summed E-state index contributed by atoms with van der Waals surface area (Å²) in [6, 6.07) is 0. The molecule has 0 aromatic carbocycles. The Balaban J connectivity index is 2.84. The van der Waals surface area contributed by atoms with Crippen LogP contribution in [0.1, 0.15) is 53.4 Å². The van der Waals surface area contributed by atoms with Crippen LogP contribution in [0.15, 0.2) is 0 Å². The van der Waals surface area contributed by atoms with Gasteiger partial charge in [0.05, 0.1) is 12.2 Å². The van der Waals surface area contributed by atoms with Gasteiger partial charge in [0.25, 0.3) is 0 Å². The number of hydrogen-bond acceptors (Lipinski definition) is 4. The molecule has 3 unspecified atom stereocenters. The number of rotatable bonds is 5. The number of carbonyl (C=O) groups is 1. The lowest BCUT2D eigenvalue weighted by atomic mass is 9.74. The van der Waals surface area contributed by atoms with Crippen molar-refractivity contribution in [3.8, 4) is 0 Å². The van der Waals surface area contributed by atoms with Crippen molar-refractivity contribution < 1.29 is 19.4 Å². The number of hydrogen-bond donors (Lipinski definition) is 1. The van der Waals surface area contributed by atoms with Crippen LogP contribution < -0.4 is 0 Å². The van der Waals surface area contributed by atoms with Gasteiger partial charge >= 0.3 is 5.97 Å². The van der Waals surface area contributed by atoms with E-state index in [9.17, 15) is 9.90 Å². The third kappa shape index (κ3) is 3.04. The zero-order valence-electron chi connectivity index (χ0n) is 12.0. The molecule has 4 heteroatoms. The summed E-state index contributed by atoms with van der Waals surface area (Å²) in [6.45, 7) is 8.59. The Morgan fingerprint density at radius 3 is 2.67 bits per heavy atom. The number of carbonyl (C=O) groups excluding carboxylic acids is 1. The molecular formula is C14H26O4. The van der Waals surface area contributed by atoms with Gasteiger partial charge in [0.1, 0.15) is 0 Å². The molecule has 0 radical (unpaired) electrons. The first-order chi connectivity index (χ1) is 8.41. The molecule has 1 heterocycles. The van der Waals surface area contributed by atoms with Crippen LogP contribution in [0.5, 0.6) is 0 Å². The van der Waals surface area contributed by atoms with Crippen molar-refractivity contribution in [2.45, 2.75) is 64.6 Å². The van der Waals surface area contributed by atoms with E-state index in [2.05, 4.69) is 6.92 Å². The average molecular weight is 258 g/mol. The minimum absolute atomic E-state index is 0.0831. The largest absolute Gasteiger partial charge is 0.464 e. The molecule has 1 aliphatic rings. The highest BCUT2D eigenvalue weighted by molar-refractivity contribution is 5.79. The fraction of sp³-hybridized carbons (Fsp3) is 0.929. The predicted octanol–water partition coefficient (Wildman–Crippen LogP) is 2.29. The zero-order chi connectivity index (χ0) is 13.8. The Hall–Kier alpha value is -0.610. The second-order valence-electron chi connectivity index (χ2n) is 5.34. The van der Waals surface area contributed by atoms with Gasteiger partial charge in [0, 0.05) is 12.5 Å². The van der Waals surface area contributed by atoms with Crippen molar-refractivity contribution in [1.29, 1.82) is 0 Å². The van der Waals surface area contributed by atoms with Crippen LogP contribution >= 0.6 is 0 Å². The number of ether oxygens (including phenoxy) is 2. The maximum absolute atomic E-state index is 12.0. The van der Waals surface area contributed by atoms with Gasteiger partial charge in [-0.25, -0.2) is 4.79 Å². The van der Waals surface area contributed by atoms with E-state index in [-0.39, 0.29) is 11.5 Å². The van der Waals surface area contributed by atoms with Crippen LogP contribution in [0, 0.1) is 5.92 Å². The van der Waals surface area contributed by atoms with Gasteiger partial charge in [-0.1, -0.05) is 13.8 Å². The molecule has 0 spiro atoms. The van der Waals surface area contributed by atoms with Crippen LogP contribution in [0.25, 0.3) is 0 Å². The Labute approximate surface area is 110 Å². The average Bonchev–Trinajstić information content (AvgIpc) is 2.38. The van der Waals surface area contributed by atoms with Gasteiger partial charge in [0.15, 0.2) is 5.60 Å². The van der Waals surface area contributed by atoms with Gasteiger partial charge in [-0.05, 0) is 39.5 Å². The monoisotopic (exact) mass is 258 g/mol. The Morgan fingerprint density at radius 2 is 2.17 bits per heavy atom. The first-order valence-corrected chi connectivity index (χ1v) is 6.95. The van der Waals surface area contributed by atoms with Crippen LogP contribution in [-0.2, 0) is 14.3 Å². The van der Waals surface area contributed by atoms with E-state index >= 15 is 0 Å². The minimum atomic E-state index is -1.36. The van der Waals surface area contributed by atoms with E-state index in [1.807, 2.05) is 13.8 Å². The molecule has 3 atom stereocenters. The lowest BCUT2D eigenvalue weighted by Crippen LogP contribution is -2.52. The van der Waals surface area contributed by atoms with Crippen molar-refractivity contribution in [2.75, 3.05) is 13.2 Å². The standard InChI is InChI=1S/C14H26O4/c1-5-13(4)10-11(8-9-18-13)14(16,6-2)12(15)17-7-3/h11,16H,5-10H2,1-4H3. The highest BCUT2D eigenvalue weighted by Gasteiger charge is 2.48. The Kier molecular flexibility index (Phi) is 5.17. The first kappa shape index (κ1) is 15.4. The third-order valence-corrected chi connectivity index (χ3v) is 4.19. The van der Waals surface area contributed by atoms with Crippen molar-refractivity contribution in [3.05, 3.63) is 0 Å². The summed E-state index contributed by atoms with van der Waals surface area (Å²) >= 11 is 0. The molecule has 0 aromatic rings. The molecule has 0 saturated carbocycles. The lowest BCUT2D eigenvalue weighted by Gasteiger charge is -2.43. The Bertz CT molecular complexity index is 292. The highest BCUT2D eigenvalue weighted by atomic mass is 16.5. The van der Waals surface area contributed by atoms with E-state index < -0.39 is 11.6 Å². The molecule has 1 rings (SSSR count). The van der Waals surface area contributed by atoms with Gasteiger partial charge < -0.3 is 14.6 Å². The number of esters is 1. The van der Waals surface area contributed by atoms with Crippen molar-refractivity contribution >= 4 is 5.97 Å². The van der Waals surface area contributed by atoms with E-state index in [0.29, 0.717) is 32.5 Å². The summed E-state index contributed by atoms with van der Waals surface area (Å²) in [5.41, 5.74) is -1.60. The third-order valence-electron chi connectivity index (χ3n) is 4.19. The summed E-state index contributed by atoms with van der Waals surface area (Å²) < 4.78 is 10.8. The minimum Gasteiger partial charge on any atom is -0.464 e. The summed E-state index contributed by atoms with van der Waals surface area (Å²) in [5, 5.41) is 10.6. The molecule has 1 saturated heterocycles. The molecule has 1 aliphatic heterocycles. The van der Waals surface area contributed by atoms with Crippen molar-refractivity contribution in [1.82, 2.24) is 0 Å². The van der Waals surface area contributed by atoms with Crippen molar-refractivity contribution in [3.63, 3.8) is 0 Å². The maximum atomic E-state index is 12.0. The molecule has 0 aromatic heterocycles. The molecule has 0 amide bonds. The summed E-state index contributed by atoms with van der Waals surface area (Å²) in [5.74, 6) is -0.571.